The minimum atomic E-state index is 0.598. The lowest BCUT2D eigenvalue weighted by atomic mass is 10.2. The third-order valence-corrected chi connectivity index (χ3v) is 2.78. The van der Waals surface area contributed by atoms with E-state index in [1.54, 1.807) is 4.68 Å². The lowest BCUT2D eigenvalue weighted by molar-refractivity contribution is 0.544. The number of anilines is 1. The molecule has 0 aliphatic heterocycles. The molecule has 0 aliphatic carbocycles. The maximum absolute atomic E-state index is 5.93. The van der Waals surface area contributed by atoms with Crippen LogP contribution in [0.15, 0.2) is 0 Å². The molecule has 1 heterocycles. The summed E-state index contributed by atoms with van der Waals surface area (Å²) in [6.45, 7) is 4.95. The Kier molecular flexibility index (Phi) is 4.26. The zero-order valence-electron chi connectivity index (χ0n) is 8.89. The second kappa shape index (κ2) is 5.25. The summed E-state index contributed by atoms with van der Waals surface area (Å²) in [4.78, 5) is 0. The summed E-state index contributed by atoms with van der Waals surface area (Å²) >= 11 is 5.93. The molecule has 0 fully saturated rings. The van der Waals surface area contributed by atoms with Crippen LogP contribution < -0.4 is 5.73 Å². The Morgan fingerprint density at radius 1 is 1.36 bits per heavy atom. The van der Waals surface area contributed by atoms with E-state index in [4.69, 9.17) is 17.3 Å². The summed E-state index contributed by atoms with van der Waals surface area (Å²) in [5.74, 6) is 0.598. The molecule has 3 nitrogen and oxygen atoms in total. The van der Waals surface area contributed by atoms with Crippen LogP contribution in [0.1, 0.15) is 38.3 Å². The SMILES string of the molecule is CCCCCCn1nc(C)c(Cl)c1N. The standard InChI is InChI=1S/C10H18ClN3/c1-3-4-5-6-7-14-10(12)9(11)8(2)13-14/h3-7,12H2,1-2H3. The second-order valence-corrected chi connectivity index (χ2v) is 3.95. The van der Waals surface area contributed by atoms with E-state index in [-0.39, 0.29) is 0 Å². The van der Waals surface area contributed by atoms with Crippen molar-refractivity contribution in [3.8, 4) is 0 Å². The van der Waals surface area contributed by atoms with E-state index in [1.165, 1.54) is 19.3 Å². The monoisotopic (exact) mass is 215 g/mol. The molecule has 1 rings (SSSR count). The van der Waals surface area contributed by atoms with Crippen LogP contribution in [0.3, 0.4) is 0 Å². The van der Waals surface area contributed by atoms with Crippen LogP contribution in [0, 0.1) is 6.92 Å². The van der Waals surface area contributed by atoms with Crippen molar-refractivity contribution in [1.82, 2.24) is 9.78 Å². The Balaban J connectivity index is 2.47. The molecule has 0 atom stereocenters. The Bertz CT molecular complexity index is 294. The van der Waals surface area contributed by atoms with Gasteiger partial charge in [-0.1, -0.05) is 37.8 Å². The van der Waals surface area contributed by atoms with Crippen LogP contribution in [-0.4, -0.2) is 9.78 Å². The highest BCUT2D eigenvalue weighted by molar-refractivity contribution is 6.33. The van der Waals surface area contributed by atoms with Crippen molar-refractivity contribution < 1.29 is 0 Å². The normalized spacial score (nSPS) is 10.8. The van der Waals surface area contributed by atoms with Gasteiger partial charge in [0.25, 0.3) is 0 Å². The van der Waals surface area contributed by atoms with E-state index < -0.39 is 0 Å². The summed E-state index contributed by atoms with van der Waals surface area (Å²) in [5, 5.41) is 4.86. The molecule has 0 unspecified atom stereocenters. The van der Waals surface area contributed by atoms with E-state index >= 15 is 0 Å². The van der Waals surface area contributed by atoms with Crippen molar-refractivity contribution in [2.24, 2.45) is 0 Å². The number of halogens is 1. The Morgan fingerprint density at radius 3 is 2.57 bits per heavy atom. The molecular formula is C10H18ClN3. The molecule has 1 aromatic rings. The van der Waals surface area contributed by atoms with E-state index in [2.05, 4.69) is 12.0 Å². The van der Waals surface area contributed by atoms with Crippen LogP contribution in [0.4, 0.5) is 5.82 Å². The summed E-state index contributed by atoms with van der Waals surface area (Å²) in [6.07, 6.45) is 4.87. The van der Waals surface area contributed by atoms with E-state index in [0.717, 1.165) is 18.7 Å². The number of rotatable bonds is 5. The first-order chi connectivity index (χ1) is 6.66. The van der Waals surface area contributed by atoms with Crippen molar-refractivity contribution in [2.75, 3.05) is 5.73 Å². The highest BCUT2D eigenvalue weighted by atomic mass is 35.5. The van der Waals surface area contributed by atoms with Gasteiger partial charge in [-0.2, -0.15) is 5.10 Å². The van der Waals surface area contributed by atoms with Gasteiger partial charge in [0, 0.05) is 6.54 Å². The molecule has 0 bridgehead atoms. The lowest BCUT2D eigenvalue weighted by Gasteiger charge is -2.02. The van der Waals surface area contributed by atoms with Crippen LogP contribution in [0.5, 0.6) is 0 Å². The van der Waals surface area contributed by atoms with Gasteiger partial charge < -0.3 is 5.73 Å². The van der Waals surface area contributed by atoms with Crippen LogP contribution in [0.25, 0.3) is 0 Å². The van der Waals surface area contributed by atoms with Gasteiger partial charge in [-0.3, -0.25) is 0 Å². The van der Waals surface area contributed by atoms with Gasteiger partial charge in [-0.25, -0.2) is 4.68 Å². The largest absolute Gasteiger partial charge is 0.383 e. The van der Waals surface area contributed by atoms with Crippen LogP contribution >= 0.6 is 11.6 Å². The van der Waals surface area contributed by atoms with E-state index in [1.807, 2.05) is 6.92 Å². The van der Waals surface area contributed by atoms with Gasteiger partial charge in [0.15, 0.2) is 0 Å². The molecule has 14 heavy (non-hydrogen) atoms. The number of hydrogen-bond donors (Lipinski definition) is 1. The number of nitrogens with two attached hydrogens (primary N) is 1. The summed E-state index contributed by atoms with van der Waals surface area (Å²) < 4.78 is 1.80. The van der Waals surface area contributed by atoms with Gasteiger partial charge in [0.1, 0.15) is 10.8 Å². The van der Waals surface area contributed by atoms with E-state index in [9.17, 15) is 0 Å². The molecule has 0 saturated heterocycles. The number of unbranched alkanes of at least 4 members (excludes halogenated alkanes) is 3. The summed E-state index contributed by atoms with van der Waals surface area (Å²) in [7, 11) is 0. The minimum absolute atomic E-state index is 0.598. The molecular weight excluding hydrogens is 198 g/mol. The number of hydrogen-bond acceptors (Lipinski definition) is 2. The fourth-order valence-corrected chi connectivity index (χ4v) is 1.57. The van der Waals surface area contributed by atoms with Crippen molar-refractivity contribution in [2.45, 2.75) is 46.1 Å². The predicted molar refractivity (Wildman–Crippen MR) is 60.5 cm³/mol. The quantitative estimate of drug-likeness (QED) is 0.768. The number of aromatic nitrogens is 2. The fraction of sp³-hybridized carbons (Fsp3) is 0.700. The Labute approximate surface area is 90.2 Å². The molecule has 0 aliphatic rings. The number of nitrogens with zero attached hydrogens (tertiary/aromatic N) is 2. The number of nitrogen functional groups attached to an aromatic ring is 1. The molecule has 0 spiro atoms. The maximum Gasteiger partial charge on any atom is 0.140 e. The number of aryl methyl sites for hydroxylation is 2. The van der Waals surface area contributed by atoms with Gasteiger partial charge in [0.2, 0.25) is 0 Å². The Morgan fingerprint density at radius 2 is 2.07 bits per heavy atom. The van der Waals surface area contributed by atoms with Crippen molar-refractivity contribution >= 4 is 17.4 Å². The Hall–Kier alpha value is -0.700. The van der Waals surface area contributed by atoms with Gasteiger partial charge in [0.05, 0.1) is 5.69 Å². The average Bonchev–Trinajstić information content (AvgIpc) is 2.41. The smallest absolute Gasteiger partial charge is 0.140 e. The summed E-state index contributed by atoms with van der Waals surface area (Å²) in [5.41, 5.74) is 6.61. The molecule has 2 N–H and O–H groups in total. The minimum Gasteiger partial charge on any atom is -0.383 e. The highest BCUT2D eigenvalue weighted by Gasteiger charge is 2.08. The topological polar surface area (TPSA) is 43.8 Å². The zero-order chi connectivity index (χ0) is 10.6. The maximum atomic E-state index is 5.93. The molecule has 0 amide bonds. The third-order valence-electron chi connectivity index (χ3n) is 2.31. The molecule has 0 saturated carbocycles. The highest BCUT2D eigenvalue weighted by Crippen LogP contribution is 2.22. The van der Waals surface area contributed by atoms with Gasteiger partial charge in [-0.05, 0) is 13.3 Å². The van der Waals surface area contributed by atoms with E-state index in [0.29, 0.717) is 10.8 Å². The average molecular weight is 216 g/mol. The van der Waals surface area contributed by atoms with Crippen molar-refractivity contribution in [3.63, 3.8) is 0 Å². The predicted octanol–water partition coefficient (Wildman–Crippen LogP) is 3.01. The molecule has 80 valence electrons. The first-order valence-corrected chi connectivity index (χ1v) is 5.53. The van der Waals surface area contributed by atoms with Crippen LogP contribution in [0.2, 0.25) is 5.02 Å². The van der Waals surface area contributed by atoms with Crippen molar-refractivity contribution in [1.29, 1.82) is 0 Å². The zero-order valence-corrected chi connectivity index (χ0v) is 9.64. The molecule has 4 heteroatoms. The molecule has 0 aromatic carbocycles. The van der Waals surface area contributed by atoms with Crippen LogP contribution in [-0.2, 0) is 6.54 Å². The second-order valence-electron chi connectivity index (χ2n) is 3.57. The summed E-state index contributed by atoms with van der Waals surface area (Å²) in [6, 6.07) is 0. The van der Waals surface area contributed by atoms with Crippen molar-refractivity contribution in [3.05, 3.63) is 10.7 Å². The first kappa shape index (κ1) is 11.4. The third kappa shape index (κ3) is 2.64. The molecule has 1 aromatic heterocycles. The van der Waals surface area contributed by atoms with Gasteiger partial charge >= 0.3 is 0 Å². The first-order valence-electron chi connectivity index (χ1n) is 5.15. The fourth-order valence-electron chi connectivity index (χ4n) is 1.44. The lowest BCUT2D eigenvalue weighted by Crippen LogP contribution is -2.04. The van der Waals surface area contributed by atoms with Gasteiger partial charge in [-0.15, -0.1) is 0 Å². The molecule has 0 radical (unpaired) electrons.